The van der Waals surface area contributed by atoms with Crippen LogP contribution in [0.2, 0.25) is 0 Å². The van der Waals surface area contributed by atoms with Gasteiger partial charge in [-0.1, -0.05) is 36.4 Å². The lowest BCUT2D eigenvalue weighted by Gasteiger charge is -2.35. The molecule has 0 saturated heterocycles. The Morgan fingerprint density at radius 3 is 2.19 bits per heavy atom. The Bertz CT molecular complexity index is 1090. The molecule has 0 unspecified atom stereocenters. The van der Waals surface area contributed by atoms with Crippen molar-refractivity contribution in [2.45, 2.75) is 11.8 Å². The van der Waals surface area contributed by atoms with Crippen LogP contribution in [0.4, 0.5) is 0 Å². The molecule has 1 aliphatic rings. The molecule has 4 rings (SSSR count). The number of aromatic nitrogens is 2. The molecule has 1 heterocycles. The van der Waals surface area contributed by atoms with Crippen LogP contribution in [0.1, 0.15) is 32.9 Å². The number of carbonyl (C=O) groups excluding carboxylic acids is 1. The molecule has 0 fully saturated rings. The number of amides is 1. The van der Waals surface area contributed by atoms with Gasteiger partial charge >= 0.3 is 0 Å². The third-order valence-electron chi connectivity index (χ3n) is 5.81. The number of nitrogens with one attached hydrogen (secondary N) is 1. The molecule has 1 N–H and O–H groups in total. The van der Waals surface area contributed by atoms with Gasteiger partial charge in [0.05, 0.1) is 21.3 Å². The summed E-state index contributed by atoms with van der Waals surface area (Å²) < 4.78 is 11.0. The molecule has 7 nitrogen and oxygen atoms in total. The number of allylic oxidation sites excluding steroid dienone is 1. The summed E-state index contributed by atoms with van der Waals surface area (Å²) in [6.45, 7) is 0. The Hall–Kier alpha value is -3.58. The highest BCUT2D eigenvalue weighted by Gasteiger charge is 2.38. The summed E-state index contributed by atoms with van der Waals surface area (Å²) in [6.07, 6.45) is 4.67. The molecule has 0 aliphatic heterocycles. The molecule has 3 aromatic rings. The Labute approximate surface area is 181 Å². The van der Waals surface area contributed by atoms with Crippen molar-refractivity contribution in [1.29, 1.82) is 0 Å². The minimum absolute atomic E-state index is 0.306. The number of H-pyrrole nitrogens is 1. The smallest absolute Gasteiger partial charge is 0.298 e. The van der Waals surface area contributed by atoms with Gasteiger partial charge in [-0.25, -0.2) is 5.06 Å². The highest BCUT2D eigenvalue weighted by Crippen LogP contribution is 2.43. The lowest BCUT2D eigenvalue weighted by atomic mass is 9.68. The summed E-state index contributed by atoms with van der Waals surface area (Å²) in [6, 6.07) is 16.1. The zero-order valence-corrected chi connectivity index (χ0v) is 18.0. The highest BCUT2D eigenvalue weighted by atomic mass is 16.7. The average Bonchev–Trinajstić information content (AvgIpc) is 3.25. The van der Waals surface area contributed by atoms with Crippen molar-refractivity contribution in [3.8, 4) is 11.5 Å². The summed E-state index contributed by atoms with van der Waals surface area (Å²) >= 11 is 0. The van der Waals surface area contributed by atoms with Crippen LogP contribution in [-0.4, -0.2) is 49.5 Å². The topological polar surface area (TPSA) is 76.7 Å². The van der Waals surface area contributed by atoms with Crippen LogP contribution in [0.15, 0.2) is 54.6 Å². The Kier molecular flexibility index (Phi) is 5.52. The number of fused-ring (bicyclic) bond motifs is 1. The second-order valence-corrected chi connectivity index (χ2v) is 7.40. The number of ether oxygens (including phenoxy) is 2. The van der Waals surface area contributed by atoms with Crippen molar-refractivity contribution in [1.82, 2.24) is 15.3 Å². The maximum Gasteiger partial charge on any atom is 0.298 e. The van der Waals surface area contributed by atoms with E-state index in [1.807, 2.05) is 42.5 Å². The number of rotatable bonds is 6. The fraction of sp³-hybridized carbons (Fsp3) is 0.250. The summed E-state index contributed by atoms with van der Waals surface area (Å²) in [5.41, 5.74) is 3.63. The number of benzene rings is 2. The van der Waals surface area contributed by atoms with Crippen molar-refractivity contribution in [3.63, 3.8) is 0 Å². The summed E-state index contributed by atoms with van der Waals surface area (Å²) in [7, 11) is 6.33. The third-order valence-corrected chi connectivity index (χ3v) is 5.81. The van der Waals surface area contributed by atoms with E-state index in [0.717, 1.165) is 38.9 Å². The van der Waals surface area contributed by atoms with Crippen molar-refractivity contribution in [2.75, 3.05) is 28.4 Å². The molecule has 31 heavy (non-hydrogen) atoms. The van der Waals surface area contributed by atoms with E-state index in [4.69, 9.17) is 14.3 Å². The molecule has 2 aromatic carbocycles. The molecule has 0 atom stereocenters. The monoisotopic (exact) mass is 419 g/mol. The fourth-order valence-corrected chi connectivity index (χ4v) is 4.02. The first-order chi connectivity index (χ1) is 15.0. The molecular weight excluding hydrogens is 394 g/mol. The molecule has 0 spiro atoms. The molecule has 0 saturated carbocycles. The SMILES string of the molecule is COc1cccc(C2(c3cccc(OC)c3)C=Cc3c(C(=O)N(C)OC)n[nH]c3C2)c1. The van der Waals surface area contributed by atoms with Gasteiger partial charge in [-0.2, -0.15) is 5.10 Å². The number of carbonyl (C=O) groups is 1. The van der Waals surface area contributed by atoms with E-state index in [1.165, 1.54) is 7.11 Å². The number of hydrogen-bond donors (Lipinski definition) is 1. The second-order valence-electron chi connectivity index (χ2n) is 7.40. The summed E-state index contributed by atoms with van der Waals surface area (Å²) in [5.74, 6) is 1.25. The van der Waals surface area contributed by atoms with Gasteiger partial charge in [0.1, 0.15) is 11.5 Å². The molecule has 160 valence electrons. The number of methoxy groups -OCH3 is 2. The van der Waals surface area contributed by atoms with Gasteiger partial charge in [0.25, 0.3) is 5.91 Å². The summed E-state index contributed by atoms with van der Waals surface area (Å²) in [5, 5.41) is 8.52. The average molecular weight is 419 g/mol. The van der Waals surface area contributed by atoms with Gasteiger partial charge in [0, 0.05) is 30.1 Å². The van der Waals surface area contributed by atoms with Crippen molar-refractivity contribution in [3.05, 3.63) is 82.7 Å². The van der Waals surface area contributed by atoms with Crippen LogP contribution in [0.5, 0.6) is 11.5 Å². The number of hydroxylamine groups is 2. The predicted molar refractivity (Wildman–Crippen MR) is 117 cm³/mol. The van der Waals surface area contributed by atoms with Crippen LogP contribution < -0.4 is 9.47 Å². The molecule has 1 aromatic heterocycles. The fourth-order valence-electron chi connectivity index (χ4n) is 4.02. The van der Waals surface area contributed by atoms with Gasteiger partial charge in [-0.3, -0.25) is 14.7 Å². The van der Waals surface area contributed by atoms with Crippen LogP contribution in [0, 0.1) is 0 Å². The molecule has 7 heteroatoms. The zero-order valence-electron chi connectivity index (χ0n) is 18.0. The van der Waals surface area contributed by atoms with E-state index in [0.29, 0.717) is 12.1 Å². The van der Waals surface area contributed by atoms with Crippen LogP contribution >= 0.6 is 0 Å². The standard InChI is InChI=1S/C24H25N3O4/c1-27(31-4)23(28)22-20-11-12-24(15-21(20)25-26-22,16-7-5-9-18(13-16)29-2)17-8-6-10-19(14-17)30-3/h5-14H,15H2,1-4H3,(H,25,26). The largest absolute Gasteiger partial charge is 0.497 e. The lowest BCUT2D eigenvalue weighted by Crippen LogP contribution is -2.31. The normalized spacial score (nSPS) is 14.1. The van der Waals surface area contributed by atoms with Crippen molar-refractivity contribution in [2.24, 2.45) is 0 Å². The highest BCUT2D eigenvalue weighted by molar-refractivity contribution is 5.96. The van der Waals surface area contributed by atoms with E-state index >= 15 is 0 Å². The second kappa shape index (κ2) is 8.28. The number of aromatic amines is 1. The maximum atomic E-state index is 12.6. The van der Waals surface area contributed by atoms with Crippen LogP contribution in [0.25, 0.3) is 6.08 Å². The zero-order chi connectivity index (χ0) is 22.0. The van der Waals surface area contributed by atoms with Crippen molar-refractivity contribution >= 4 is 12.0 Å². The molecule has 0 bridgehead atoms. The molecule has 1 aliphatic carbocycles. The van der Waals surface area contributed by atoms with Gasteiger partial charge in [-0.05, 0) is 35.4 Å². The minimum atomic E-state index is -0.490. The molecule has 0 radical (unpaired) electrons. The minimum Gasteiger partial charge on any atom is -0.497 e. The first-order valence-electron chi connectivity index (χ1n) is 9.90. The van der Waals surface area contributed by atoms with Crippen LogP contribution in [0.3, 0.4) is 0 Å². The van der Waals surface area contributed by atoms with E-state index in [2.05, 4.69) is 28.4 Å². The quantitative estimate of drug-likeness (QED) is 0.618. The Balaban J connectivity index is 1.86. The Morgan fingerprint density at radius 2 is 1.65 bits per heavy atom. The predicted octanol–water partition coefficient (Wildman–Crippen LogP) is 3.62. The first kappa shape index (κ1) is 20.7. The molecule has 1 amide bonds. The number of hydrogen-bond acceptors (Lipinski definition) is 5. The van der Waals surface area contributed by atoms with E-state index < -0.39 is 5.41 Å². The van der Waals surface area contributed by atoms with E-state index in [9.17, 15) is 4.79 Å². The van der Waals surface area contributed by atoms with E-state index in [1.54, 1.807) is 21.3 Å². The van der Waals surface area contributed by atoms with Gasteiger partial charge < -0.3 is 9.47 Å². The number of nitrogens with zero attached hydrogens (tertiary/aromatic N) is 2. The maximum absolute atomic E-state index is 12.6. The van der Waals surface area contributed by atoms with Crippen molar-refractivity contribution < 1.29 is 19.1 Å². The van der Waals surface area contributed by atoms with Gasteiger partial charge in [0.2, 0.25) is 0 Å². The molecular formula is C24H25N3O4. The Morgan fingerprint density at radius 1 is 1.03 bits per heavy atom. The van der Waals surface area contributed by atoms with Gasteiger partial charge in [-0.15, -0.1) is 0 Å². The summed E-state index contributed by atoms with van der Waals surface area (Å²) in [4.78, 5) is 17.7. The van der Waals surface area contributed by atoms with E-state index in [-0.39, 0.29) is 5.91 Å². The first-order valence-corrected chi connectivity index (χ1v) is 9.90. The third kappa shape index (κ3) is 3.57. The van der Waals surface area contributed by atoms with Gasteiger partial charge in [0.15, 0.2) is 5.69 Å². The van der Waals surface area contributed by atoms with Crippen LogP contribution in [-0.2, 0) is 16.7 Å². The lowest BCUT2D eigenvalue weighted by molar-refractivity contribution is -0.0760.